The van der Waals surface area contributed by atoms with Crippen molar-refractivity contribution in [3.8, 4) is 0 Å². The largest absolute Gasteiger partial charge is 0.367 e. The minimum Gasteiger partial charge on any atom is -0.367 e. The topological polar surface area (TPSA) is 26.3 Å². The summed E-state index contributed by atoms with van der Waals surface area (Å²) in [5.74, 6) is -0.835. The molecule has 17 heavy (non-hydrogen) atoms. The maximum atomic E-state index is 13.6. The van der Waals surface area contributed by atoms with Crippen LogP contribution in [0, 0.1) is 5.82 Å². The SMILES string of the molecule is CCOC(C)(CC)C(=O)c1cc(Br)ccc1F. The molecule has 1 aromatic carbocycles. The van der Waals surface area contributed by atoms with Crippen LogP contribution >= 0.6 is 15.9 Å². The molecule has 1 aromatic rings. The molecule has 0 aliphatic carbocycles. The Morgan fingerprint density at radius 2 is 2.12 bits per heavy atom. The predicted molar refractivity (Wildman–Crippen MR) is 68.8 cm³/mol. The number of ketones is 1. The van der Waals surface area contributed by atoms with E-state index in [1.54, 1.807) is 13.0 Å². The number of rotatable bonds is 5. The lowest BCUT2D eigenvalue weighted by atomic mass is 9.91. The summed E-state index contributed by atoms with van der Waals surface area (Å²) in [6, 6.07) is 4.33. The lowest BCUT2D eigenvalue weighted by Gasteiger charge is -2.26. The molecule has 0 amide bonds. The van der Waals surface area contributed by atoms with Crippen LogP contribution in [0.15, 0.2) is 22.7 Å². The molecule has 94 valence electrons. The second-order valence-electron chi connectivity index (χ2n) is 3.97. The molecule has 0 spiro atoms. The molecule has 0 aliphatic heterocycles. The fourth-order valence-electron chi connectivity index (χ4n) is 1.60. The first-order valence-electron chi connectivity index (χ1n) is 5.58. The van der Waals surface area contributed by atoms with Crippen molar-refractivity contribution < 1.29 is 13.9 Å². The van der Waals surface area contributed by atoms with Crippen molar-refractivity contribution >= 4 is 21.7 Å². The number of benzene rings is 1. The first-order valence-corrected chi connectivity index (χ1v) is 6.37. The normalized spacial score (nSPS) is 14.4. The van der Waals surface area contributed by atoms with Crippen LogP contribution in [0.2, 0.25) is 0 Å². The van der Waals surface area contributed by atoms with E-state index in [1.807, 2.05) is 13.8 Å². The molecule has 0 heterocycles. The van der Waals surface area contributed by atoms with Gasteiger partial charge in [0.2, 0.25) is 0 Å². The van der Waals surface area contributed by atoms with E-state index >= 15 is 0 Å². The number of carbonyl (C=O) groups is 1. The highest BCUT2D eigenvalue weighted by Crippen LogP contribution is 2.25. The number of hydrogen-bond acceptors (Lipinski definition) is 2. The molecular weight excluding hydrogens is 287 g/mol. The lowest BCUT2D eigenvalue weighted by molar-refractivity contribution is -0.0118. The van der Waals surface area contributed by atoms with Gasteiger partial charge in [-0.25, -0.2) is 4.39 Å². The molecule has 0 aliphatic rings. The average molecular weight is 303 g/mol. The number of halogens is 2. The van der Waals surface area contributed by atoms with Crippen molar-refractivity contribution in [1.29, 1.82) is 0 Å². The van der Waals surface area contributed by atoms with E-state index in [4.69, 9.17) is 4.74 Å². The van der Waals surface area contributed by atoms with Gasteiger partial charge in [0, 0.05) is 11.1 Å². The van der Waals surface area contributed by atoms with Crippen molar-refractivity contribution in [2.75, 3.05) is 6.61 Å². The Bertz CT molecular complexity index is 420. The zero-order valence-electron chi connectivity index (χ0n) is 10.2. The van der Waals surface area contributed by atoms with E-state index in [0.717, 1.165) is 0 Å². The molecular formula is C13H16BrFO2. The third kappa shape index (κ3) is 3.13. The highest BCUT2D eigenvalue weighted by molar-refractivity contribution is 9.10. The van der Waals surface area contributed by atoms with Gasteiger partial charge in [0.15, 0.2) is 5.78 Å². The van der Waals surface area contributed by atoms with E-state index in [0.29, 0.717) is 17.5 Å². The van der Waals surface area contributed by atoms with Crippen LogP contribution in [0.1, 0.15) is 37.6 Å². The van der Waals surface area contributed by atoms with E-state index in [9.17, 15) is 9.18 Å². The predicted octanol–water partition coefficient (Wildman–Crippen LogP) is 3.98. The zero-order chi connectivity index (χ0) is 13.1. The monoisotopic (exact) mass is 302 g/mol. The number of Topliss-reactive ketones (excluding diaryl/α,β-unsaturated/α-hetero) is 1. The standard InChI is InChI=1S/C13H16BrFO2/c1-4-13(3,17-5-2)12(16)10-8-9(14)6-7-11(10)15/h6-8H,4-5H2,1-3H3. The Kier molecular flexibility index (Phi) is 4.83. The van der Waals surface area contributed by atoms with Gasteiger partial charge in [0.25, 0.3) is 0 Å². The summed E-state index contributed by atoms with van der Waals surface area (Å²) in [6.45, 7) is 5.78. The summed E-state index contributed by atoms with van der Waals surface area (Å²) in [4.78, 5) is 12.3. The number of carbonyl (C=O) groups excluding carboxylic acids is 1. The average Bonchev–Trinajstić information content (AvgIpc) is 2.31. The van der Waals surface area contributed by atoms with Crippen LogP contribution < -0.4 is 0 Å². The summed E-state index contributed by atoms with van der Waals surface area (Å²) in [5.41, 5.74) is -0.895. The molecule has 1 atom stereocenters. The molecule has 1 rings (SSSR count). The van der Waals surface area contributed by atoms with Crippen LogP contribution in [0.5, 0.6) is 0 Å². The fraction of sp³-hybridized carbons (Fsp3) is 0.462. The summed E-state index contributed by atoms with van der Waals surface area (Å²) in [7, 11) is 0. The summed E-state index contributed by atoms with van der Waals surface area (Å²) < 4.78 is 19.8. The minimum absolute atomic E-state index is 0.0668. The van der Waals surface area contributed by atoms with Gasteiger partial charge < -0.3 is 4.74 Å². The van der Waals surface area contributed by atoms with Crippen LogP contribution in [0.25, 0.3) is 0 Å². The highest BCUT2D eigenvalue weighted by Gasteiger charge is 2.34. The Morgan fingerprint density at radius 3 is 2.65 bits per heavy atom. The Balaban J connectivity index is 3.14. The smallest absolute Gasteiger partial charge is 0.197 e. The molecule has 0 saturated heterocycles. The zero-order valence-corrected chi connectivity index (χ0v) is 11.8. The third-order valence-corrected chi connectivity index (χ3v) is 3.28. The van der Waals surface area contributed by atoms with Crippen molar-refractivity contribution in [3.63, 3.8) is 0 Å². The van der Waals surface area contributed by atoms with Crippen LogP contribution in [-0.2, 0) is 4.74 Å². The van der Waals surface area contributed by atoms with Gasteiger partial charge >= 0.3 is 0 Å². The maximum Gasteiger partial charge on any atom is 0.197 e. The second kappa shape index (κ2) is 5.74. The van der Waals surface area contributed by atoms with Gasteiger partial charge in [-0.05, 0) is 38.5 Å². The van der Waals surface area contributed by atoms with Crippen molar-refractivity contribution in [2.45, 2.75) is 32.8 Å². The molecule has 1 unspecified atom stereocenters. The molecule has 4 heteroatoms. The van der Waals surface area contributed by atoms with E-state index < -0.39 is 11.4 Å². The molecule has 0 saturated carbocycles. The molecule has 0 aromatic heterocycles. The van der Waals surface area contributed by atoms with Crippen molar-refractivity contribution in [1.82, 2.24) is 0 Å². The lowest BCUT2D eigenvalue weighted by Crippen LogP contribution is -2.38. The third-order valence-electron chi connectivity index (χ3n) is 2.79. The van der Waals surface area contributed by atoms with E-state index in [2.05, 4.69) is 15.9 Å². The van der Waals surface area contributed by atoms with Gasteiger partial charge in [-0.1, -0.05) is 22.9 Å². The second-order valence-corrected chi connectivity index (χ2v) is 4.89. The van der Waals surface area contributed by atoms with Gasteiger partial charge in [0.05, 0.1) is 5.56 Å². The number of hydrogen-bond donors (Lipinski definition) is 0. The Morgan fingerprint density at radius 1 is 1.47 bits per heavy atom. The molecule has 0 bridgehead atoms. The Labute approximate surface area is 109 Å². The van der Waals surface area contributed by atoms with Gasteiger partial charge in [-0.2, -0.15) is 0 Å². The summed E-state index contributed by atoms with van der Waals surface area (Å²) >= 11 is 3.23. The Hall–Kier alpha value is -0.740. The first kappa shape index (κ1) is 14.3. The van der Waals surface area contributed by atoms with Crippen LogP contribution in [-0.4, -0.2) is 18.0 Å². The molecule has 0 radical (unpaired) electrons. The minimum atomic E-state index is -0.962. The fourth-order valence-corrected chi connectivity index (χ4v) is 1.96. The quantitative estimate of drug-likeness (QED) is 0.769. The van der Waals surface area contributed by atoms with E-state index in [1.165, 1.54) is 12.1 Å². The molecule has 2 nitrogen and oxygen atoms in total. The molecule has 0 fully saturated rings. The maximum absolute atomic E-state index is 13.6. The van der Waals surface area contributed by atoms with Crippen LogP contribution in [0.3, 0.4) is 0 Å². The van der Waals surface area contributed by atoms with Gasteiger partial charge in [0.1, 0.15) is 11.4 Å². The van der Waals surface area contributed by atoms with Gasteiger partial charge in [-0.3, -0.25) is 4.79 Å². The number of ether oxygens (including phenoxy) is 1. The van der Waals surface area contributed by atoms with Gasteiger partial charge in [-0.15, -0.1) is 0 Å². The van der Waals surface area contributed by atoms with E-state index in [-0.39, 0.29) is 11.3 Å². The summed E-state index contributed by atoms with van der Waals surface area (Å²) in [6.07, 6.45) is 0.506. The molecule has 0 N–H and O–H groups in total. The van der Waals surface area contributed by atoms with Crippen molar-refractivity contribution in [2.24, 2.45) is 0 Å². The highest BCUT2D eigenvalue weighted by atomic mass is 79.9. The summed E-state index contributed by atoms with van der Waals surface area (Å²) in [5, 5.41) is 0. The van der Waals surface area contributed by atoms with Crippen molar-refractivity contribution in [3.05, 3.63) is 34.1 Å². The first-order chi connectivity index (χ1) is 7.94. The van der Waals surface area contributed by atoms with Crippen LogP contribution in [0.4, 0.5) is 4.39 Å².